The Kier molecular flexibility index (Phi) is 6.76. The van der Waals surface area contributed by atoms with Crippen molar-refractivity contribution >= 4 is 24.8 Å². The van der Waals surface area contributed by atoms with Gasteiger partial charge in [0.2, 0.25) is 0 Å². The highest BCUT2D eigenvalue weighted by atomic mass is 35.5. The van der Waals surface area contributed by atoms with Gasteiger partial charge in [-0.25, -0.2) is 8.78 Å². The van der Waals surface area contributed by atoms with Crippen molar-refractivity contribution in [3.63, 3.8) is 0 Å². The van der Waals surface area contributed by atoms with Crippen LogP contribution >= 0.6 is 24.8 Å². The SMILES string of the molecule is Cl.Cl.NCc1cccc(-c2cc(F)cc(F)c2)n1. The van der Waals surface area contributed by atoms with E-state index >= 15 is 0 Å². The Labute approximate surface area is 116 Å². The van der Waals surface area contributed by atoms with Crippen molar-refractivity contribution in [3.05, 3.63) is 53.7 Å². The summed E-state index contributed by atoms with van der Waals surface area (Å²) in [5.74, 6) is -1.23. The summed E-state index contributed by atoms with van der Waals surface area (Å²) in [7, 11) is 0. The Bertz CT molecular complexity index is 501. The van der Waals surface area contributed by atoms with Gasteiger partial charge in [-0.1, -0.05) is 6.07 Å². The molecule has 0 spiro atoms. The Hall–Kier alpha value is -1.23. The maximum absolute atomic E-state index is 13.0. The maximum Gasteiger partial charge on any atom is 0.126 e. The monoisotopic (exact) mass is 292 g/mol. The van der Waals surface area contributed by atoms with Crippen LogP contribution in [0.15, 0.2) is 36.4 Å². The largest absolute Gasteiger partial charge is 0.325 e. The molecule has 0 saturated heterocycles. The van der Waals surface area contributed by atoms with Crippen molar-refractivity contribution in [2.24, 2.45) is 5.73 Å². The van der Waals surface area contributed by atoms with Crippen LogP contribution in [0.4, 0.5) is 8.78 Å². The minimum atomic E-state index is -0.616. The fourth-order valence-electron chi connectivity index (χ4n) is 1.46. The minimum absolute atomic E-state index is 0. The first-order valence-corrected chi connectivity index (χ1v) is 4.81. The van der Waals surface area contributed by atoms with Crippen LogP contribution < -0.4 is 5.73 Å². The van der Waals surface area contributed by atoms with Gasteiger partial charge in [0, 0.05) is 18.2 Å². The second kappa shape index (κ2) is 7.26. The smallest absolute Gasteiger partial charge is 0.126 e. The summed E-state index contributed by atoms with van der Waals surface area (Å²) < 4.78 is 26.0. The number of halogens is 4. The average molecular weight is 293 g/mol. The third-order valence-corrected chi connectivity index (χ3v) is 2.17. The van der Waals surface area contributed by atoms with E-state index < -0.39 is 11.6 Å². The number of pyridine rings is 1. The lowest BCUT2D eigenvalue weighted by Gasteiger charge is -2.03. The number of hydrogen-bond donors (Lipinski definition) is 1. The third-order valence-electron chi connectivity index (χ3n) is 2.17. The zero-order chi connectivity index (χ0) is 11.5. The second-order valence-electron chi connectivity index (χ2n) is 3.38. The molecule has 0 radical (unpaired) electrons. The van der Waals surface area contributed by atoms with Crippen LogP contribution in [0, 0.1) is 11.6 Å². The van der Waals surface area contributed by atoms with Crippen molar-refractivity contribution in [1.82, 2.24) is 4.98 Å². The molecule has 0 fully saturated rings. The Balaban J connectivity index is 0.00000144. The molecular formula is C12H12Cl2F2N2. The topological polar surface area (TPSA) is 38.9 Å². The van der Waals surface area contributed by atoms with Crippen LogP contribution in [0.2, 0.25) is 0 Å². The highest BCUT2D eigenvalue weighted by molar-refractivity contribution is 5.85. The molecule has 6 heteroatoms. The Morgan fingerprint density at radius 3 is 2.17 bits per heavy atom. The number of rotatable bonds is 2. The Morgan fingerprint density at radius 2 is 1.61 bits per heavy atom. The van der Waals surface area contributed by atoms with E-state index in [9.17, 15) is 8.78 Å². The molecule has 2 aromatic rings. The average Bonchev–Trinajstić information content (AvgIpc) is 2.28. The minimum Gasteiger partial charge on any atom is -0.325 e. The highest BCUT2D eigenvalue weighted by Crippen LogP contribution is 2.19. The predicted molar refractivity (Wildman–Crippen MR) is 72.0 cm³/mol. The first-order chi connectivity index (χ1) is 7.69. The molecular weight excluding hydrogens is 281 g/mol. The molecule has 0 saturated carbocycles. The first-order valence-electron chi connectivity index (χ1n) is 4.81. The molecule has 1 aromatic carbocycles. The normalized spacial score (nSPS) is 9.28. The summed E-state index contributed by atoms with van der Waals surface area (Å²) in [4.78, 5) is 4.19. The molecule has 0 aliphatic carbocycles. The van der Waals surface area contributed by atoms with E-state index in [1.807, 2.05) is 0 Å². The number of nitrogens with two attached hydrogens (primary N) is 1. The van der Waals surface area contributed by atoms with E-state index in [2.05, 4.69) is 4.98 Å². The number of hydrogen-bond acceptors (Lipinski definition) is 2. The van der Waals surface area contributed by atoms with Crippen LogP contribution in [-0.4, -0.2) is 4.98 Å². The molecule has 1 aromatic heterocycles. The van der Waals surface area contributed by atoms with E-state index in [4.69, 9.17) is 5.73 Å². The molecule has 18 heavy (non-hydrogen) atoms. The molecule has 1 heterocycles. The van der Waals surface area contributed by atoms with Gasteiger partial charge in [0.05, 0.1) is 11.4 Å². The van der Waals surface area contributed by atoms with Gasteiger partial charge in [0.1, 0.15) is 11.6 Å². The summed E-state index contributed by atoms with van der Waals surface area (Å²) in [5, 5.41) is 0. The van der Waals surface area contributed by atoms with Crippen LogP contribution in [0.3, 0.4) is 0 Å². The first kappa shape index (κ1) is 16.8. The Morgan fingerprint density at radius 1 is 1.00 bits per heavy atom. The van der Waals surface area contributed by atoms with E-state index in [-0.39, 0.29) is 24.8 Å². The van der Waals surface area contributed by atoms with Gasteiger partial charge in [0.15, 0.2) is 0 Å². The lowest BCUT2D eigenvalue weighted by molar-refractivity contribution is 0.584. The van der Waals surface area contributed by atoms with Gasteiger partial charge >= 0.3 is 0 Å². The van der Waals surface area contributed by atoms with Gasteiger partial charge in [-0.3, -0.25) is 4.98 Å². The van der Waals surface area contributed by atoms with E-state index in [0.717, 1.165) is 6.07 Å². The van der Waals surface area contributed by atoms with Crippen LogP contribution in [-0.2, 0) is 6.54 Å². The standard InChI is InChI=1S/C12H10F2N2.2ClH/c13-9-4-8(5-10(14)6-9)12-3-1-2-11(7-15)16-12;;/h1-6H,7,15H2;2*1H. The highest BCUT2D eigenvalue weighted by Gasteiger charge is 2.04. The van der Waals surface area contributed by atoms with Gasteiger partial charge in [-0.05, 0) is 24.3 Å². The summed E-state index contributed by atoms with van der Waals surface area (Å²) in [5.41, 5.74) is 7.05. The lowest BCUT2D eigenvalue weighted by atomic mass is 10.1. The van der Waals surface area contributed by atoms with Crippen LogP contribution in [0.25, 0.3) is 11.3 Å². The molecule has 0 aliphatic rings. The molecule has 2 rings (SSSR count). The second-order valence-corrected chi connectivity index (χ2v) is 3.38. The molecule has 0 aliphatic heterocycles. The van der Waals surface area contributed by atoms with Crippen molar-refractivity contribution in [2.45, 2.75) is 6.54 Å². The zero-order valence-corrected chi connectivity index (χ0v) is 10.9. The number of benzene rings is 1. The van der Waals surface area contributed by atoms with E-state index in [1.165, 1.54) is 12.1 Å². The van der Waals surface area contributed by atoms with Crippen LogP contribution in [0.5, 0.6) is 0 Å². The summed E-state index contributed by atoms with van der Waals surface area (Å²) in [6.07, 6.45) is 0. The van der Waals surface area contributed by atoms with Gasteiger partial charge in [-0.2, -0.15) is 0 Å². The lowest BCUT2D eigenvalue weighted by Crippen LogP contribution is -2.00. The number of aromatic nitrogens is 1. The van der Waals surface area contributed by atoms with E-state index in [1.54, 1.807) is 18.2 Å². The van der Waals surface area contributed by atoms with Crippen LogP contribution in [0.1, 0.15) is 5.69 Å². The molecule has 0 amide bonds. The number of nitrogens with zero attached hydrogens (tertiary/aromatic N) is 1. The maximum atomic E-state index is 13.0. The summed E-state index contributed by atoms with van der Waals surface area (Å²) in [6, 6.07) is 8.52. The summed E-state index contributed by atoms with van der Waals surface area (Å²) >= 11 is 0. The molecule has 2 nitrogen and oxygen atoms in total. The van der Waals surface area contributed by atoms with Crippen molar-refractivity contribution in [1.29, 1.82) is 0 Å². The van der Waals surface area contributed by atoms with Gasteiger partial charge in [-0.15, -0.1) is 24.8 Å². The van der Waals surface area contributed by atoms with Crippen molar-refractivity contribution in [2.75, 3.05) is 0 Å². The molecule has 98 valence electrons. The fraction of sp³-hybridized carbons (Fsp3) is 0.0833. The zero-order valence-electron chi connectivity index (χ0n) is 9.27. The molecule has 2 N–H and O–H groups in total. The quantitative estimate of drug-likeness (QED) is 0.922. The van der Waals surface area contributed by atoms with E-state index in [0.29, 0.717) is 23.5 Å². The molecule has 0 unspecified atom stereocenters. The van der Waals surface area contributed by atoms with Gasteiger partial charge in [0.25, 0.3) is 0 Å². The summed E-state index contributed by atoms with van der Waals surface area (Å²) in [6.45, 7) is 0.297. The van der Waals surface area contributed by atoms with Crippen molar-refractivity contribution in [3.8, 4) is 11.3 Å². The predicted octanol–water partition coefficient (Wildman–Crippen LogP) is 3.33. The van der Waals surface area contributed by atoms with Gasteiger partial charge < -0.3 is 5.73 Å². The fourth-order valence-corrected chi connectivity index (χ4v) is 1.46. The molecule has 0 bridgehead atoms. The van der Waals surface area contributed by atoms with Crippen molar-refractivity contribution < 1.29 is 8.78 Å². The third kappa shape index (κ3) is 3.91. The molecule has 0 atom stereocenters.